The van der Waals surface area contributed by atoms with E-state index in [9.17, 15) is 9.90 Å². The number of carboxylic acid groups (broad SMARTS) is 1. The standard InChI is InChI=1S/C12H20O2/c1-11(2)7-4-9(8-11)12(10(13)14)5-3-6-12/h9H,3-8H2,1-2H3,(H,13,14). The van der Waals surface area contributed by atoms with Crippen LogP contribution in [-0.2, 0) is 4.79 Å². The van der Waals surface area contributed by atoms with Crippen LogP contribution < -0.4 is 0 Å². The van der Waals surface area contributed by atoms with E-state index in [0.717, 1.165) is 32.1 Å². The Bertz CT molecular complexity index is 251. The lowest BCUT2D eigenvalue weighted by Crippen LogP contribution is -2.43. The van der Waals surface area contributed by atoms with Gasteiger partial charge in [0.25, 0.3) is 0 Å². The highest BCUT2D eigenvalue weighted by Gasteiger charge is 2.53. The molecule has 2 heteroatoms. The highest BCUT2D eigenvalue weighted by atomic mass is 16.4. The quantitative estimate of drug-likeness (QED) is 0.737. The van der Waals surface area contributed by atoms with Gasteiger partial charge >= 0.3 is 5.97 Å². The largest absolute Gasteiger partial charge is 0.481 e. The second-order valence-corrected chi connectivity index (χ2v) is 5.92. The van der Waals surface area contributed by atoms with Crippen molar-refractivity contribution < 1.29 is 9.90 Å². The van der Waals surface area contributed by atoms with Crippen LogP contribution in [0.25, 0.3) is 0 Å². The third-order valence-electron chi connectivity index (χ3n) is 4.42. The van der Waals surface area contributed by atoms with Gasteiger partial charge in [-0.3, -0.25) is 4.79 Å². The van der Waals surface area contributed by atoms with Gasteiger partial charge in [-0.15, -0.1) is 0 Å². The maximum Gasteiger partial charge on any atom is 0.309 e. The Balaban J connectivity index is 2.11. The van der Waals surface area contributed by atoms with Gasteiger partial charge in [0.1, 0.15) is 0 Å². The maximum atomic E-state index is 11.3. The third-order valence-corrected chi connectivity index (χ3v) is 4.42. The van der Waals surface area contributed by atoms with Crippen LogP contribution in [-0.4, -0.2) is 11.1 Å². The lowest BCUT2D eigenvalue weighted by Gasteiger charge is -2.43. The highest BCUT2D eigenvalue weighted by molar-refractivity contribution is 5.76. The van der Waals surface area contributed by atoms with E-state index in [0.29, 0.717) is 11.3 Å². The summed E-state index contributed by atoms with van der Waals surface area (Å²) in [6.07, 6.45) is 6.39. The minimum atomic E-state index is -0.536. The van der Waals surface area contributed by atoms with Crippen molar-refractivity contribution in [3.8, 4) is 0 Å². The molecule has 0 radical (unpaired) electrons. The van der Waals surface area contributed by atoms with Gasteiger partial charge < -0.3 is 5.11 Å². The zero-order valence-electron chi connectivity index (χ0n) is 9.18. The van der Waals surface area contributed by atoms with E-state index < -0.39 is 5.97 Å². The van der Waals surface area contributed by atoms with Crippen molar-refractivity contribution in [2.24, 2.45) is 16.7 Å². The van der Waals surface area contributed by atoms with E-state index in [2.05, 4.69) is 13.8 Å². The van der Waals surface area contributed by atoms with Crippen LogP contribution in [0.1, 0.15) is 52.4 Å². The van der Waals surface area contributed by atoms with Crippen LogP contribution in [0.3, 0.4) is 0 Å². The van der Waals surface area contributed by atoms with Crippen molar-refractivity contribution >= 4 is 5.97 Å². The topological polar surface area (TPSA) is 37.3 Å². The fourth-order valence-electron chi connectivity index (χ4n) is 3.26. The molecule has 2 nitrogen and oxygen atoms in total. The number of rotatable bonds is 2. The van der Waals surface area contributed by atoms with Crippen LogP contribution in [0, 0.1) is 16.7 Å². The molecule has 0 spiro atoms. The Morgan fingerprint density at radius 1 is 1.29 bits per heavy atom. The summed E-state index contributed by atoms with van der Waals surface area (Å²) in [6, 6.07) is 0. The van der Waals surface area contributed by atoms with Crippen molar-refractivity contribution in [1.82, 2.24) is 0 Å². The molecule has 0 aliphatic heterocycles. The van der Waals surface area contributed by atoms with Crippen molar-refractivity contribution in [2.75, 3.05) is 0 Å². The van der Waals surface area contributed by atoms with E-state index in [1.165, 1.54) is 6.42 Å². The average molecular weight is 196 g/mol. The van der Waals surface area contributed by atoms with Gasteiger partial charge in [-0.2, -0.15) is 0 Å². The number of hydrogen-bond donors (Lipinski definition) is 1. The molecule has 1 N–H and O–H groups in total. The molecular formula is C12H20O2. The van der Waals surface area contributed by atoms with Crippen LogP contribution in [0.5, 0.6) is 0 Å². The summed E-state index contributed by atoms with van der Waals surface area (Å²) in [5.41, 5.74) is 0.0521. The van der Waals surface area contributed by atoms with Gasteiger partial charge in [-0.1, -0.05) is 20.3 Å². The van der Waals surface area contributed by atoms with Crippen molar-refractivity contribution in [2.45, 2.75) is 52.4 Å². The van der Waals surface area contributed by atoms with Crippen LogP contribution in [0.15, 0.2) is 0 Å². The zero-order chi connectivity index (χ0) is 10.4. The SMILES string of the molecule is CC1(C)CCC(C2(C(=O)O)CCC2)C1. The number of carboxylic acids is 1. The first-order chi connectivity index (χ1) is 6.46. The normalized spacial score (nSPS) is 33.7. The summed E-state index contributed by atoms with van der Waals surface area (Å²) in [6.45, 7) is 4.53. The molecule has 1 atom stereocenters. The Hall–Kier alpha value is -0.530. The highest BCUT2D eigenvalue weighted by Crippen LogP contribution is 2.56. The Morgan fingerprint density at radius 3 is 2.21 bits per heavy atom. The first kappa shape index (κ1) is 10.0. The molecule has 0 aromatic rings. The van der Waals surface area contributed by atoms with Gasteiger partial charge in [0, 0.05) is 0 Å². The summed E-state index contributed by atoms with van der Waals surface area (Å²) in [5.74, 6) is -0.0878. The molecule has 1 unspecified atom stereocenters. The summed E-state index contributed by atoms with van der Waals surface area (Å²) < 4.78 is 0. The zero-order valence-corrected chi connectivity index (χ0v) is 9.18. The van der Waals surface area contributed by atoms with Gasteiger partial charge in [-0.25, -0.2) is 0 Å². The van der Waals surface area contributed by atoms with Crippen molar-refractivity contribution in [1.29, 1.82) is 0 Å². The molecule has 0 heterocycles. The summed E-state index contributed by atoms with van der Waals surface area (Å²) in [5, 5.41) is 9.31. The second-order valence-electron chi connectivity index (χ2n) is 5.92. The molecule has 0 aromatic heterocycles. The van der Waals surface area contributed by atoms with Crippen molar-refractivity contribution in [3.05, 3.63) is 0 Å². The molecule has 2 fully saturated rings. The first-order valence-corrected chi connectivity index (χ1v) is 5.70. The van der Waals surface area contributed by atoms with E-state index >= 15 is 0 Å². The molecule has 14 heavy (non-hydrogen) atoms. The molecule has 80 valence electrons. The second kappa shape index (κ2) is 2.98. The number of hydrogen-bond acceptors (Lipinski definition) is 1. The van der Waals surface area contributed by atoms with Gasteiger partial charge in [0.15, 0.2) is 0 Å². The van der Waals surface area contributed by atoms with Crippen LogP contribution in [0.4, 0.5) is 0 Å². The fourth-order valence-corrected chi connectivity index (χ4v) is 3.26. The van der Waals surface area contributed by atoms with E-state index in [4.69, 9.17) is 0 Å². The van der Waals surface area contributed by atoms with Crippen molar-refractivity contribution in [3.63, 3.8) is 0 Å². The van der Waals surface area contributed by atoms with Gasteiger partial charge in [0.2, 0.25) is 0 Å². The lowest BCUT2D eigenvalue weighted by molar-refractivity contribution is -0.160. The summed E-state index contributed by atoms with van der Waals surface area (Å²) in [7, 11) is 0. The lowest BCUT2D eigenvalue weighted by atomic mass is 9.60. The molecule has 0 saturated heterocycles. The minimum absolute atomic E-state index is 0.326. The molecular weight excluding hydrogens is 176 g/mol. The van der Waals surface area contributed by atoms with Gasteiger partial charge in [-0.05, 0) is 43.4 Å². The number of aliphatic carboxylic acids is 1. The summed E-state index contributed by atoms with van der Waals surface area (Å²) in [4.78, 5) is 11.3. The summed E-state index contributed by atoms with van der Waals surface area (Å²) >= 11 is 0. The third kappa shape index (κ3) is 1.35. The molecule has 2 aliphatic carbocycles. The van der Waals surface area contributed by atoms with E-state index in [-0.39, 0.29) is 5.41 Å². The Kier molecular flexibility index (Phi) is 2.13. The van der Waals surface area contributed by atoms with Gasteiger partial charge in [0.05, 0.1) is 5.41 Å². The smallest absolute Gasteiger partial charge is 0.309 e. The predicted molar refractivity (Wildman–Crippen MR) is 55.0 cm³/mol. The Labute approximate surface area is 85.7 Å². The van der Waals surface area contributed by atoms with E-state index in [1.54, 1.807) is 0 Å². The van der Waals surface area contributed by atoms with Crippen LogP contribution >= 0.6 is 0 Å². The average Bonchev–Trinajstić information content (AvgIpc) is 2.27. The van der Waals surface area contributed by atoms with E-state index in [1.807, 2.05) is 0 Å². The molecule has 0 bridgehead atoms. The molecule has 0 aromatic carbocycles. The molecule has 2 aliphatic rings. The number of carbonyl (C=O) groups is 1. The monoisotopic (exact) mass is 196 g/mol. The fraction of sp³-hybridized carbons (Fsp3) is 0.917. The Morgan fingerprint density at radius 2 is 1.93 bits per heavy atom. The van der Waals surface area contributed by atoms with Crippen LogP contribution in [0.2, 0.25) is 0 Å². The molecule has 2 rings (SSSR count). The molecule has 2 saturated carbocycles. The first-order valence-electron chi connectivity index (χ1n) is 5.70. The maximum absolute atomic E-state index is 11.3. The minimum Gasteiger partial charge on any atom is -0.481 e. The molecule has 0 amide bonds. The predicted octanol–water partition coefficient (Wildman–Crippen LogP) is 3.07.